The Morgan fingerprint density at radius 1 is 1.42 bits per heavy atom. The third-order valence-corrected chi connectivity index (χ3v) is 1.92. The number of benzene rings is 1. The quantitative estimate of drug-likeness (QED) is 0.585. The number of hydrogen-bond acceptors (Lipinski definition) is 2. The number of nitriles is 1. The highest BCUT2D eigenvalue weighted by Crippen LogP contribution is 2.26. The summed E-state index contributed by atoms with van der Waals surface area (Å²) in [6, 6.07) is 8.31. The van der Waals surface area contributed by atoms with Crippen LogP contribution in [-0.2, 0) is 0 Å². The Bertz CT molecular complexity index is 325. The van der Waals surface area contributed by atoms with Gasteiger partial charge in [0.1, 0.15) is 11.9 Å². The van der Waals surface area contributed by atoms with Crippen molar-refractivity contribution in [3.05, 3.63) is 30.1 Å². The van der Waals surface area contributed by atoms with Crippen LogP contribution in [0.1, 0.15) is 0 Å². The molecule has 0 radical (unpaired) electrons. The summed E-state index contributed by atoms with van der Waals surface area (Å²) in [4.78, 5) is 1.92. The molecule has 0 saturated carbocycles. The van der Waals surface area contributed by atoms with E-state index in [2.05, 4.69) is 6.07 Å². The summed E-state index contributed by atoms with van der Waals surface area (Å²) in [7, 11) is 0. The average molecular weight is 162 g/mol. The smallest absolute Gasteiger partial charge is 0.134 e. The second-order valence-electron chi connectivity index (χ2n) is 2.77. The summed E-state index contributed by atoms with van der Waals surface area (Å²) >= 11 is 0. The molecule has 2 nitrogen and oxygen atoms in total. The van der Waals surface area contributed by atoms with E-state index >= 15 is 0 Å². The van der Waals surface area contributed by atoms with Crippen molar-refractivity contribution in [1.29, 1.82) is 5.26 Å². The van der Waals surface area contributed by atoms with E-state index in [4.69, 9.17) is 5.26 Å². The molecule has 0 bridgehead atoms. The van der Waals surface area contributed by atoms with E-state index < -0.39 is 0 Å². The SMILES string of the molecule is N#CC1CN1c1ccc(F)cc1. The zero-order valence-corrected chi connectivity index (χ0v) is 6.37. The molecule has 1 aromatic rings. The van der Waals surface area contributed by atoms with Gasteiger partial charge < -0.3 is 4.90 Å². The van der Waals surface area contributed by atoms with E-state index in [1.165, 1.54) is 12.1 Å². The van der Waals surface area contributed by atoms with Crippen molar-refractivity contribution < 1.29 is 4.39 Å². The predicted octanol–water partition coefficient (Wildman–Crippen LogP) is 1.54. The molecule has 1 heterocycles. The Hall–Kier alpha value is -1.56. The molecule has 2 rings (SSSR count). The number of anilines is 1. The minimum absolute atomic E-state index is 0.00420. The Labute approximate surface area is 69.8 Å². The van der Waals surface area contributed by atoms with Crippen LogP contribution >= 0.6 is 0 Å². The normalized spacial score (nSPS) is 20.3. The summed E-state index contributed by atoms with van der Waals surface area (Å²) in [5.74, 6) is -0.242. The summed E-state index contributed by atoms with van der Waals surface area (Å²) in [5, 5.41) is 8.53. The highest BCUT2D eigenvalue weighted by atomic mass is 19.1. The van der Waals surface area contributed by atoms with E-state index in [0.717, 1.165) is 12.2 Å². The molecular weight excluding hydrogens is 155 g/mol. The van der Waals surface area contributed by atoms with E-state index in [1.54, 1.807) is 12.1 Å². The van der Waals surface area contributed by atoms with Crippen LogP contribution in [-0.4, -0.2) is 12.6 Å². The van der Waals surface area contributed by atoms with Gasteiger partial charge in [-0.3, -0.25) is 0 Å². The first-order chi connectivity index (χ1) is 5.81. The van der Waals surface area contributed by atoms with Crippen molar-refractivity contribution >= 4 is 5.69 Å². The molecule has 1 unspecified atom stereocenters. The molecular formula is C9H7FN2. The van der Waals surface area contributed by atoms with Crippen molar-refractivity contribution in [3.63, 3.8) is 0 Å². The molecule has 1 aromatic carbocycles. The van der Waals surface area contributed by atoms with Gasteiger partial charge in [0.2, 0.25) is 0 Å². The lowest BCUT2D eigenvalue weighted by atomic mass is 10.3. The lowest BCUT2D eigenvalue weighted by Crippen LogP contribution is -1.95. The zero-order chi connectivity index (χ0) is 8.55. The number of nitrogens with zero attached hydrogens (tertiary/aromatic N) is 2. The van der Waals surface area contributed by atoms with Gasteiger partial charge in [0, 0.05) is 5.69 Å². The summed E-state index contributed by atoms with van der Waals surface area (Å²) in [6.45, 7) is 0.766. The molecule has 12 heavy (non-hydrogen) atoms. The highest BCUT2D eigenvalue weighted by Gasteiger charge is 2.33. The number of hydrogen-bond donors (Lipinski definition) is 0. The van der Waals surface area contributed by atoms with Crippen molar-refractivity contribution in [2.75, 3.05) is 11.4 Å². The number of rotatable bonds is 1. The maximum Gasteiger partial charge on any atom is 0.134 e. The molecule has 0 amide bonds. The van der Waals surface area contributed by atoms with Gasteiger partial charge in [-0.15, -0.1) is 0 Å². The van der Waals surface area contributed by atoms with Gasteiger partial charge in [-0.2, -0.15) is 5.26 Å². The van der Waals surface area contributed by atoms with Gasteiger partial charge in [-0.1, -0.05) is 0 Å². The molecule has 0 aliphatic carbocycles. The largest absolute Gasteiger partial charge is 0.351 e. The van der Waals surface area contributed by atoms with Gasteiger partial charge in [0.05, 0.1) is 12.6 Å². The van der Waals surface area contributed by atoms with E-state index in [-0.39, 0.29) is 11.9 Å². The fourth-order valence-electron chi connectivity index (χ4n) is 1.17. The minimum Gasteiger partial charge on any atom is -0.351 e. The molecule has 0 N–H and O–H groups in total. The average Bonchev–Trinajstić information content (AvgIpc) is 2.85. The van der Waals surface area contributed by atoms with Crippen LogP contribution in [0.5, 0.6) is 0 Å². The lowest BCUT2D eigenvalue weighted by Gasteiger charge is -2.00. The van der Waals surface area contributed by atoms with Gasteiger partial charge in [0.25, 0.3) is 0 Å². The van der Waals surface area contributed by atoms with Crippen LogP contribution in [0.25, 0.3) is 0 Å². The Morgan fingerprint density at radius 2 is 2.08 bits per heavy atom. The predicted molar refractivity (Wildman–Crippen MR) is 43.1 cm³/mol. The topological polar surface area (TPSA) is 26.8 Å². The lowest BCUT2D eigenvalue weighted by molar-refractivity contribution is 0.628. The molecule has 1 aliphatic heterocycles. The van der Waals surface area contributed by atoms with Gasteiger partial charge in [-0.05, 0) is 24.3 Å². The van der Waals surface area contributed by atoms with Crippen LogP contribution in [0.2, 0.25) is 0 Å². The van der Waals surface area contributed by atoms with Crippen LogP contribution in [0, 0.1) is 17.1 Å². The summed E-state index contributed by atoms with van der Waals surface area (Å²) in [6.07, 6.45) is 0. The third kappa shape index (κ3) is 1.12. The molecule has 1 fully saturated rings. The molecule has 0 aromatic heterocycles. The monoisotopic (exact) mass is 162 g/mol. The maximum absolute atomic E-state index is 12.5. The molecule has 3 heteroatoms. The van der Waals surface area contributed by atoms with Crippen LogP contribution in [0.15, 0.2) is 24.3 Å². The third-order valence-electron chi connectivity index (χ3n) is 1.92. The Kier molecular flexibility index (Phi) is 1.47. The molecule has 60 valence electrons. The Morgan fingerprint density at radius 3 is 2.58 bits per heavy atom. The zero-order valence-electron chi connectivity index (χ0n) is 6.37. The van der Waals surface area contributed by atoms with E-state index in [9.17, 15) is 4.39 Å². The van der Waals surface area contributed by atoms with Gasteiger partial charge in [0.15, 0.2) is 0 Å². The van der Waals surface area contributed by atoms with Gasteiger partial charge >= 0.3 is 0 Å². The van der Waals surface area contributed by atoms with Crippen molar-refractivity contribution in [2.45, 2.75) is 6.04 Å². The van der Waals surface area contributed by atoms with Crippen LogP contribution in [0.3, 0.4) is 0 Å². The van der Waals surface area contributed by atoms with Crippen molar-refractivity contribution in [1.82, 2.24) is 0 Å². The number of halogens is 1. The first kappa shape index (κ1) is 7.11. The molecule has 0 spiro atoms. The van der Waals surface area contributed by atoms with Crippen LogP contribution < -0.4 is 4.90 Å². The molecule has 1 atom stereocenters. The van der Waals surface area contributed by atoms with E-state index in [0.29, 0.717) is 0 Å². The van der Waals surface area contributed by atoms with E-state index in [1.807, 2.05) is 4.90 Å². The fourth-order valence-corrected chi connectivity index (χ4v) is 1.17. The molecule has 1 aliphatic rings. The van der Waals surface area contributed by atoms with Crippen LogP contribution in [0.4, 0.5) is 10.1 Å². The first-order valence-electron chi connectivity index (χ1n) is 3.73. The second kappa shape index (κ2) is 2.49. The summed E-state index contributed by atoms with van der Waals surface area (Å²) in [5.41, 5.74) is 0.919. The van der Waals surface area contributed by atoms with Crippen molar-refractivity contribution in [2.24, 2.45) is 0 Å². The fraction of sp³-hybridized carbons (Fsp3) is 0.222. The molecule has 1 saturated heterocycles. The van der Waals surface area contributed by atoms with Gasteiger partial charge in [-0.25, -0.2) is 4.39 Å². The Balaban J connectivity index is 2.17. The first-order valence-corrected chi connectivity index (χ1v) is 3.73. The van der Waals surface area contributed by atoms with Crippen molar-refractivity contribution in [3.8, 4) is 6.07 Å². The maximum atomic E-state index is 12.5. The standard InChI is InChI=1S/C9H7FN2/c10-7-1-3-8(4-2-7)12-6-9(12)5-11/h1-4,9H,6H2. The summed E-state index contributed by atoms with van der Waals surface area (Å²) < 4.78 is 12.5. The minimum atomic E-state index is -0.242. The second-order valence-corrected chi connectivity index (χ2v) is 2.77. The highest BCUT2D eigenvalue weighted by molar-refractivity contribution is 5.56.